The highest BCUT2D eigenvalue weighted by molar-refractivity contribution is 8.01. The lowest BCUT2D eigenvalue weighted by Crippen LogP contribution is -2.49. The van der Waals surface area contributed by atoms with Crippen molar-refractivity contribution in [1.82, 2.24) is 10.2 Å². The zero-order valence-corrected chi connectivity index (χ0v) is 17.7. The number of para-hydroxylation sites is 1. The molecule has 4 rings (SSSR count). The maximum absolute atomic E-state index is 12.9. The predicted octanol–water partition coefficient (Wildman–Crippen LogP) is 2.96. The molecule has 6 nitrogen and oxygen atoms in total. The van der Waals surface area contributed by atoms with Crippen LogP contribution in [0.25, 0.3) is 0 Å². The van der Waals surface area contributed by atoms with Crippen LogP contribution in [0.3, 0.4) is 0 Å². The molecule has 0 spiro atoms. The Morgan fingerprint density at radius 2 is 1.80 bits per heavy atom. The fourth-order valence-electron chi connectivity index (χ4n) is 3.78. The van der Waals surface area contributed by atoms with E-state index in [1.807, 2.05) is 55.5 Å². The molecule has 1 fully saturated rings. The first-order valence-corrected chi connectivity index (χ1v) is 11.1. The minimum Gasteiger partial charge on any atom is -0.352 e. The Hall–Kier alpha value is -2.80. The molecule has 0 saturated carbocycles. The van der Waals surface area contributed by atoms with E-state index in [9.17, 15) is 14.4 Å². The van der Waals surface area contributed by atoms with E-state index < -0.39 is 5.25 Å². The number of carbonyl (C=O) groups excluding carboxylic acids is 3. The third-order valence-corrected chi connectivity index (χ3v) is 6.88. The van der Waals surface area contributed by atoms with Crippen LogP contribution in [0, 0.1) is 12.8 Å². The van der Waals surface area contributed by atoms with Gasteiger partial charge in [0.15, 0.2) is 5.25 Å². The standard InChI is InChI=1S/C23H25N3O3S/c1-15-6-8-16(9-7-15)14-24-21(27)17-10-12-26(13-11-17)23(29)20-22(28)25-18-4-2-3-5-19(18)30-20/h2-9,17,20H,10-14H2,1H3,(H,24,27)(H,25,28)/t20-/m1/s1. The summed E-state index contributed by atoms with van der Waals surface area (Å²) in [6, 6.07) is 15.6. The first-order chi connectivity index (χ1) is 14.5. The molecule has 1 saturated heterocycles. The maximum atomic E-state index is 12.9. The number of likely N-dealkylation sites (tertiary alicyclic amines) is 1. The number of carbonyl (C=O) groups is 3. The summed E-state index contributed by atoms with van der Waals surface area (Å²) in [6.07, 6.45) is 1.22. The lowest BCUT2D eigenvalue weighted by Gasteiger charge is -2.34. The molecule has 2 N–H and O–H groups in total. The number of piperidine rings is 1. The van der Waals surface area contributed by atoms with Gasteiger partial charge in [0.25, 0.3) is 0 Å². The van der Waals surface area contributed by atoms with Crippen molar-refractivity contribution < 1.29 is 14.4 Å². The number of hydrogen-bond acceptors (Lipinski definition) is 4. The number of nitrogens with zero attached hydrogens (tertiary/aromatic N) is 1. The number of anilines is 1. The molecule has 156 valence electrons. The van der Waals surface area contributed by atoms with Gasteiger partial charge in [0.1, 0.15) is 0 Å². The first-order valence-electron chi connectivity index (χ1n) is 10.2. The van der Waals surface area contributed by atoms with E-state index >= 15 is 0 Å². The Morgan fingerprint density at radius 3 is 2.53 bits per heavy atom. The highest BCUT2D eigenvalue weighted by Crippen LogP contribution is 2.36. The molecule has 0 aliphatic carbocycles. The lowest BCUT2D eigenvalue weighted by atomic mass is 9.95. The molecule has 0 bridgehead atoms. The van der Waals surface area contributed by atoms with Crippen molar-refractivity contribution in [2.24, 2.45) is 5.92 Å². The number of nitrogens with one attached hydrogen (secondary N) is 2. The quantitative estimate of drug-likeness (QED) is 0.741. The lowest BCUT2D eigenvalue weighted by molar-refractivity contribution is -0.137. The normalized spacial score (nSPS) is 19.0. The molecule has 1 atom stereocenters. The molecule has 30 heavy (non-hydrogen) atoms. The summed E-state index contributed by atoms with van der Waals surface area (Å²) >= 11 is 1.30. The van der Waals surface area contributed by atoms with Gasteiger partial charge in [0, 0.05) is 30.4 Å². The summed E-state index contributed by atoms with van der Waals surface area (Å²) in [4.78, 5) is 40.5. The molecule has 0 unspecified atom stereocenters. The molecule has 2 heterocycles. The maximum Gasteiger partial charge on any atom is 0.247 e. The van der Waals surface area contributed by atoms with Gasteiger partial charge in [-0.3, -0.25) is 14.4 Å². The Labute approximate surface area is 180 Å². The summed E-state index contributed by atoms with van der Waals surface area (Å²) in [5.74, 6) is -0.526. The van der Waals surface area contributed by atoms with Crippen LogP contribution in [0.1, 0.15) is 24.0 Å². The summed E-state index contributed by atoms with van der Waals surface area (Å²) in [6.45, 7) is 3.53. The van der Waals surface area contributed by atoms with Gasteiger partial charge in [-0.1, -0.05) is 42.0 Å². The first kappa shape index (κ1) is 20.5. The fraction of sp³-hybridized carbons (Fsp3) is 0.348. The average Bonchev–Trinajstić information content (AvgIpc) is 2.77. The van der Waals surface area contributed by atoms with E-state index in [1.165, 1.54) is 17.3 Å². The Bertz CT molecular complexity index is 952. The number of amides is 3. The molecule has 2 aliphatic heterocycles. The molecular formula is C23H25N3O3S. The smallest absolute Gasteiger partial charge is 0.247 e. The number of aryl methyl sites for hydroxylation is 1. The molecule has 3 amide bonds. The summed E-state index contributed by atoms with van der Waals surface area (Å²) in [7, 11) is 0. The Morgan fingerprint density at radius 1 is 1.10 bits per heavy atom. The van der Waals surface area contributed by atoms with E-state index in [0.717, 1.165) is 16.1 Å². The van der Waals surface area contributed by atoms with Gasteiger partial charge in [0.2, 0.25) is 17.7 Å². The number of fused-ring (bicyclic) bond motifs is 1. The molecule has 2 aromatic rings. The van der Waals surface area contributed by atoms with Crippen molar-refractivity contribution in [2.45, 2.75) is 36.5 Å². The third kappa shape index (κ3) is 4.51. The topological polar surface area (TPSA) is 78.5 Å². The van der Waals surface area contributed by atoms with Crippen LogP contribution in [0.4, 0.5) is 5.69 Å². The zero-order chi connectivity index (χ0) is 21.1. The fourth-order valence-corrected chi connectivity index (χ4v) is 4.85. The molecular weight excluding hydrogens is 398 g/mol. The van der Waals surface area contributed by atoms with Crippen molar-refractivity contribution in [3.05, 3.63) is 59.7 Å². The SMILES string of the molecule is Cc1ccc(CNC(=O)C2CCN(C(=O)[C@@H]3Sc4ccccc4NC3=O)CC2)cc1. The largest absolute Gasteiger partial charge is 0.352 e. The second-order valence-corrected chi connectivity index (χ2v) is 8.93. The Kier molecular flexibility index (Phi) is 6.08. The van der Waals surface area contributed by atoms with Gasteiger partial charge < -0.3 is 15.5 Å². The molecule has 7 heteroatoms. The molecule has 2 aliphatic rings. The van der Waals surface area contributed by atoms with Crippen molar-refractivity contribution >= 4 is 35.2 Å². The van der Waals surface area contributed by atoms with Crippen LogP contribution in [0.5, 0.6) is 0 Å². The van der Waals surface area contributed by atoms with Crippen molar-refractivity contribution in [2.75, 3.05) is 18.4 Å². The van der Waals surface area contributed by atoms with E-state index in [0.29, 0.717) is 32.5 Å². The molecule has 2 aromatic carbocycles. The summed E-state index contributed by atoms with van der Waals surface area (Å²) in [5.41, 5.74) is 3.01. The second-order valence-electron chi connectivity index (χ2n) is 7.79. The van der Waals surface area contributed by atoms with Gasteiger partial charge in [-0.2, -0.15) is 0 Å². The zero-order valence-electron chi connectivity index (χ0n) is 16.9. The minimum absolute atomic E-state index is 0.0291. The summed E-state index contributed by atoms with van der Waals surface area (Å²) in [5, 5.41) is 5.05. The third-order valence-electron chi connectivity index (χ3n) is 5.62. The van der Waals surface area contributed by atoms with Crippen LogP contribution in [-0.4, -0.2) is 41.0 Å². The number of rotatable bonds is 4. The monoisotopic (exact) mass is 423 g/mol. The van der Waals surface area contributed by atoms with Gasteiger partial charge >= 0.3 is 0 Å². The van der Waals surface area contributed by atoms with Gasteiger partial charge in [-0.15, -0.1) is 11.8 Å². The van der Waals surface area contributed by atoms with Crippen molar-refractivity contribution in [3.63, 3.8) is 0 Å². The molecule has 0 radical (unpaired) electrons. The number of thioether (sulfide) groups is 1. The van der Waals surface area contributed by atoms with Gasteiger partial charge in [-0.05, 0) is 37.5 Å². The van der Waals surface area contributed by atoms with E-state index in [1.54, 1.807) is 4.90 Å². The highest BCUT2D eigenvalue weighted by Gasteiger charge is 2.37. The van der Waals surface area contributed by atoms with Gasteiger partial charge in [0.05, 0.1) is 5.69 Å². The van der Waals surface area contributed by atoms with E-state index in [2.05, 4.69) is 10.6 Å². The van der Waals surface area contributed by atoms with Crippen LogP contribution < -0.4 is 10.6 Å². The van der Waals surface area contributed by atoms with Crippen LogP contribution >= 0.6 is 11.8 Å². The minimum atomic E-state index is -0.771. The Balaban J connectivity index is 1.28. The van der Waals surface area contributed by atoms with E-state index in [-0.39, 0.29) is 23.6 Å². The number of benzene rings is 2. The van der Waals surface area contributed by atoms with Crippen LogP contribution in [-0.2, 0) is 20.9 Å². The molecule has 0 aromatic heterocycles. The van der Waals surface area contributed by atoms with E-state index in [4.69, 9.17) is 0 Å². The number of hydrogen-bond donors (Lipinski definition) is 2. The predicted molar refractivity (Wildman–Crippen MR) is 117 cm³/mol. The highest BCUT2D eigenvalue weighted by atomic mass is 32.2. The van der Waals surface area contributed by atoms with Crippen LogP contribution in [0.2, 0.25) is 0 Å². The van der Waals surface area contributed by atoms with Crippen molar-refractivity contribution in [3.8, 4) is 0 Å². The van der Waals surface area contributed by atoms with Crippen molar-refractivity contribution in [1.29, 1.82) is 0 Å². The van der Waals surface area contributed by atoms with Crippen LogP contribution in [0.15, 0.2) is 53.4 Å². The van der Waals surface area contributed by atoms with Gasteiger partial charge in [-0.25, -0.2) is 0 Å². The summed E-state index contributed by atoms with van der Waals surface area (Å²) < 4.78 is 0. The average molecular weight is 424 g/mol. The second kappa shape index (κ2) is 8.92.